The van der Waals surface area contributed by atoms with Crippen LogP contribution in [0.5, 0.6) is 5.75 Å². The molecule has 96 valence electrons. The van der Waals surface area contributed by atoms with E-state index in [1.165, 1.54) is 11.3 Å². The van der Waals surface area contributed by atoms with Crippen LogP contribution < -0.4 is 4.74 Å². The summed E-state index contributed by atoms with van der Waals surface area (Å²) in [7, 11) is 0. The lowest BCUT2D eigenvalue weighted by atomic mass is 10.3. The molecule has 1 aromatic heterocycles. The van der Waals surface area contributed by atoms with Gasteiger partial charge in [-0.05, 0) is 26.3 Å². The summed E-state index contributed by atoms with van der Waals surface area (Å²) in [6.07, 6.45) is 0.975. The number of hydrogen-bond donors (Lipinski definition) is 1. The fourth-order valence-electron chi connectivity index (χ4n) is 1.29. The van der Waals surface area contributed by atoms with Crippen LogP contribution in [0.1, 0.15) is 35.3 Å². The van der Waals surface area contributed by atoms with Crippen molar-refractivity contribution in [2.24, 2.45) is 0 Å². The average Bonchev–Trinajstić information content (AvgIpc) is 2.67. The molecule has 17 heavy (non-hydrogen) atoms. The fourth-order valence-corrected chi connectivity index (χ4v) is 2.17. The van der Waals surface area contributed by atoms with Gasteiger partial charge < -0.3 is 14.6 Å². The molecule has 1 heterocycles. The second-order valence-corrected chi connectivity index (χ2v) is 4.97. The standard InChI is InChI=1S/C12H18O4S/c1-4-9-7-10(11(17-9)12(13)14)16-6-5-15-8(2)3/h7-8H,4-6H2,1-3H3,(H,13,14). The summed E-state index contributed by atoms with van der Waals surface area (Å²) in [5.74, 6) is -0.485. The van der Waals surface area contributed by atoms with Gasteiger partial charge in [0.1, 0.15) is 12.4 Å². The molecule has 1 rings (SSSR count). The Kier molecular flexibility index (Phi) is 5.44. The van der Waals surface area contributed by atoms with Gasteiger partial charge in [-0.2, -0.15) is 0 Å². The monoisotopic (exact) mass is 258 g/mol. The van der Waals surface area contributed by atoms with Gasteiger partial charge in [0.25, 0.3) is 0 Å². The lowest BCUT2D eigenvalue weighted by Crippen LogP contribution is -2.12. The second kappa shape index (κ2) is 6.61. The van der Waals surface area contributed by atoms with Gasteiger partial charge in [-0.25, -0.2) is 4.79 Å². The van der Waals surface area contributed by atoms with Crippen LogP contribution in [-0.2, 0) is 11.2 Å². The smallest absolute Gasteiger partial charge is 0.349 e. The zero-order valence-corrected chi connectivity index (χ0v) is 11.2. The van der Waals surface area contributed by atoms with Crippen LogP contribution in [0.2, 0.25) is 0 Å². The summed E-state index contributed by atoms with van der Waals surface area (Å²) in [5.41, 5.74) is 0. The number of thiophene rings is 1. The van der Waals surface area contributed by atoms with Gasteiger partial charge in [0.15, 0.2) is 4.88 Å². The molecule has 0 saturated heterocycles. The third kappa shape index (κ3) is 4.36. The third-order valence-electron chi connectivity index (χ3n) is 2.08. The molecule has 1 N–H and O–H groups in total. The maximum atomic E-state index is 11.0. The average molecular weight is 258 g/mol. The van der Waals surface area contributed by atoms with Crippen molar-refractivity contribution in [3.8, 4) is 5.75 Å². The Labute approximate surface area is 105 Å². The van der Waals surface area contributed by atoms with E-state index in [9.17, 15) is 4.79 Å². The third-order valence-corrected chi connectivity index (χ3v) is 3.33. The molecule has 0 aromatic carbocycles. The molecule has 0 saturated carbocycles. The summed E-state index contributed by atoms with van der Waals surface area (Å²) in [6.45, 7) is 6.72. The van der Waals surface area contributed by atoms with Crippen LogP contribution in [-0.4, -0.2) is 30.4 Å². The van der Waals surface area contributed by atoms with E-state index in [0.29, 0.717) is 19.0 Å². The number of hydrogen-bond acceptors (Lipinski definition) is 4. The van der Waals surface area contributed by atoms with Crippen LogP contribution in [0.3, 0.4) is 0 Å². The van der Waals surface area contributed by atoms with E-state index in [1.807, 2.05) is 20.8 Å². The number of rotatable bonds is 7. The lowest BCUT2D eigenvalue weighted by molar-refractivity contribution is 0.0541. The van der Waals surface area contributed by atoms with E-state index in [0.717, 1.165) is 11.3 Å². The predicted octanol–water partition coefficient (Wildman–Crippen LogP) is 2.81. The Morgan fingerprint density at radius 2 is 2.18 bits per heavy atom. The van der Waals surface area contributed by atoms with Crippen molar-refractivity contribution in [3.63, 3.8) is 0 Å². The molecule has 0 radical (unpaired) electrons. The van der Waals surface area contributed by atoms with Gasteiger partial charge in [0, 0.05) is 4.88 Å². The minimum atomic E-state index is -0.936. The highest BCUT2D eigenvalue weighted by atomic mass is 32.1. The summed E-state index contributed by atoms with van der Waals surface area (Å²) in [6, 6.07) is 1.80. The number of ether oxygens (including phenoxy) is 2. The number of aromatic carboxylic acids is 1. The Morgan fingerprint density at radius 1 is 1.47 bits per heavy atom. The van der Waals surface area contributed by atoms with E-state index in [-0.39, 0.29) is 11.0 Å². The summed E-state index contributed by atoms with van der Waals surface area (Å²) in [4.78, 5) is 12.3. The van der Waals surface area contributed by atoms with E-state index < -0.39 is 5.97 Å². The molecule has 5 heteroatoms. The molecule has 0 unspecified atom stereocenters. The SMILES string of the molecule is CCc1cc(OCCOC(C)C)c(C(=O)O)s1. The maximum Gasteiger partial charge on any atom is 0.349 e. The van der Waals surface area contributed by atoms with Gasteiger partial charge in [0.2, 0.25) is 0 Å². The number of carboxylic acids is 1. The van der Waals surface area contributed by atoms with Crippen molar-refractivity contribution in [2.75, 3.05) is 13.2 Å². The predicted molar refractivity (Wildman–Crippen MR) is 67.2 cm³/mol. The van der Waals surface area contributed by atoms with Crippen molar-refractivity contribution in [3.05, 3.63) is 15.8 Å². The largest absolute Gasteiger partial charge is 0.489 e. The normalized spacial score (nSPS) is 10.8. The van der Waals surface area contributed by atoms with Gasteiger partial charge >= 0.3 is 5.97 Å². The minimum absolute atomic E-state index is 0.159. The highest BCUT2D eigenvalue weighted by molar-refractivity contribution is 7.14. The molecule has 0 spiro atoms. The van der Waals surface area contributed by atoms with Crippen molar-refractivity contribution in [1.29, 1.82) is 0 Å². The van der Waals surface area contributed by atoms with Crippen LogP contribution in [0.4, 0.5) is 0 Å². The van der Waals surface area contributed by atoms with Crippen LogP contribution in [0.25, 0.3) is 0 Å². The second-order valence-electron chi connectivity index (χ2n) is 3.83. The van der Waals surface area contributed by atoms with E-state index in [2.05, 4.69) is 0 Å². The number of carbonyl (C=O) groups is 1. The summed E-state index contributed by atoms with van der Waals surface area (Å²) in [5, 5.41) is 9.02. The maximum absolute atomic E-state index is 11.0. The van der Waals surface area contributed by atoms with Gasteiger partial charge in [-0.1, -0.05) is 6.92 Å². The molecule has 0 fully saturated rings. The highest BCUT2D eigenvalue weighted by Crippen LogP contribution is 2.29. The Hall–Kier alpha value is -1.07. The molecular weight excluding hydrogens is 240 g/mol. The summed E-state index contributed by atoms with van der Waals surface area (Å²) >= 11 is 1.27. The van der Waals surface area contributed by atoms with Crippen LogP contribution >= 0.6 is 11.3 Å². The first-order valence-corrected chi connectivity index (χ1v) is 6.46. The molecule has 0 bridgehead atoms. The zero-order valence-electron chi connectivity index (χ0n) is 10.4. The van der Waals surface area contributed by atoms with E-state index in [4.69, 9.17) is 14.6 Å². The van der Waals surface area contributed by atoms with Gasteiger partial charge in [-0.3, -0.25) is 0 Å². The van der Waals surface area contributed by atoms with Crippen molar-refractivity contribution >= 4 is 17.3 Å². The Bertz CT molecular complexity index is 371. The fraction of sp³-hybridized carbons (Fsp3) is 0.583. The molecule has 0 aliphatic carbocycles. The van der Waals surface area contributed by atoms with Crippen LogP contribution in [0, 0.1) is 0 Å². The topological polar surface area (TPSA) is 55.8 Å². The molecular formula is C12H18O4S. The highest BCUT2D eigenvalue weighted by Gasteiger charge is 2.15. The van der Waals surface area contributed by atoms with E-state index >= 15 is 0 Å². The summed E-state index contributed by atoms with van der Waals surface area (Å²) < 4.78 is 10.8. The number of carboxylic acid groups (broad SMARTS) is 1. The Balaban J connectivity index is 2.57. The molecule has 0 aliphatic rings. The molecule has 0 aliphatic heterocycles. The van der Waals surface area contributed by atoms with Crippen molar-refractivity contribution < 1.29 is 19.4 Å². The first-order chi connectivity index (χ1) is 8.04. The van der Waals surface area contributed by atoms with Gasteiger partial charge in [-0.15, -0.1) is 11.3 Å². The lowest BCUT2D eigenvalue weighted by Gasteiger charge is -2.08. The quantitative estimate of drug-likeness (QED) is 0.764. The molecule has 4 nitrogen and oxygen atoms in total. The zero-order chi connectivity index (χ0) is 12.8. The first-order valence-electron chi connectivity index (χ1n) is 5.65. The molecule has 0 atom stereocenters. The number of aryl methyl sites for hydroxylation is 1. The molecule has 0 amide bonds. The van der Waals surface area contributed by atoms with Crippen LogP contribution in [0.15, 0.2) is 6.07 Å². The minimum Gasteiger partial charge on any atom is -0.489 e. The van der Waals surface area contributed by atoms with Crippen molar-refractivity contribution in [1.82, 2.24) is 0 Å². The van der Waals surface area contributed by atoms with Gasteiger partial charge in [0.05, 0.1) is 12.7 Å². The Morgan fingerprint density at radius 3 is 2.71 bits per heavy atom. The van der Waals surface area contributed by atoms with Crippen molar-refractivity contribution in [2.45, 2.75) is 33.3 Å². The van der Waals surface area contributed by atoms with E-state index in [1.54, 1.807) is 6.07 Å². The molecule has 1 aromatic rings. The first kappa shape index (κ1) is 14.0.